The molecular formula is C23H30N4O4. The maximum Gasteiger partial charge on any atom is 0.259 e. The Kier molecular flexibility index (Phi) is 6.44. The van der Waals surface area contributed by atoms with E-state index in [1.165, 1.54) is 20.6 Å². The van der Waals surface area contributed by atoms with E-state index in [1.807, 2.05) is 6.07 Å². The number of aromatic amines is 1. The zero-order chi connectivity index (χ0) is 21.8. The summed E-state index contributed by atoms with van der Waals surface area (Å²) in [6, 6.07) is 7.24. The summed E-state index contributed by atoms with van der Waals surface area (Å²) in [5, 5.41) is 13.3. The van der Waals surface area contributed by atoms with Crippen molar-refractivity contribution in [3.63, 3.8) is 0 Å². The second-order valence-electron chi connectivity index (χ2n) is 8.41. The van der Waals surface area contributed by atoms with Gasteiger partial charge < -0.3 is 20.1 Å². The van der Waals surface area contributed by atoms with Gasteiger partial charge in [-0.25, -0.2) is 0 Å². The lowest BCUT2D eigenvalue weighted by atomic mass is 9.78. The Balaban J connectivity index is 1.30. The smallest absolute Gasteiger partial charge is 0.259 e. The fraction of sp³-hybridized carbons (Fsp3) is 0.522. The fourth-order valence-corrected chi connectivity index (χ4v) is 4.52. The van der Waals surface area contributed by atoms with Gasteiger partial charge in [-0.2, -0.15) is 5.10 Å². The van der Waals surface area contributed by atoms with Gasteiger partial charge in [0.15, 0.2) is 0 Å². The number of carbonyl (C=O) groups excluding carboxylic acids is 2. The average Bonchev–Trinajstić information content (AvgIpc) is 3.23. The number of hydrogen-bond acceptors (Lipinski definition) is 5. The van der Waals surface area contributed by atoms with Crippen LogP contribution < -0.4 is 20.1 Å². The minimum Gasteiger partial charge on any atom is -0.496 e. The van der Waals surface area contributed by atoms with Gasteiger partial charge in [-0.05, 0) is 37.8 Å². The van der Waals surface area contributed by atoms with Gasteiger partial charge in [0.05, 0.1) is 19.9 Å². The first kappa shape index (κ1) is 21.2. The van der Waals surface area contributed by atoms with E-state index in [9.17, 15) is 9.59 Å². The number of carbonyl (C=O) groups is 2. The molecule has 166 valence electrons. The molecule has 2 aliphatic carbocycles. The number of amides is 2. The first-order valence-corrected chi connectivity index (χ1v) is 11.0. The topological polar surface area (TPSA) is 105 Å². The molecule has 31 heavy (non-hydrogen) atoms. The number of ether oxygens (including phenoxy) is 2. The van der Waals surface area contributed by atoms with E-state index >= 15 is 0 Å². The average molecular weight is 427 g/mol. The molecule has 0 aliphatic heterocycles. The number of anilines is 1. The second-order valence-corrected chi connectivity index (χ2v) is 8.41. The Labute approximate surface area is 182 Å². The quantitative estimate of drug-likeness (QED) is 0.627. The van der Waals surface area contributed by atoms with Crippen LogP contribution in [0.4, 0.5) is 5.82 Å². The van der Waals surface area contributed by atoms with Crippen molar-refractivity contribution < 1.29 is 19.1 Å². The Morgan fingerprint density at radius 3 is 2.39 bits per heavy atom. The van der Waals surface area contributed by atoms with Crippen LogP contribution in [-0.4, -0.2) is 42.3 Å². The minimum atomic E-state index is -0.208. The summed E-state index contributed by atoms with van der Waals surface area (Å²) in [7, 11) is 3.07. The number of benzene rings is 1. The molecule has 0 bridgehead atoms. The Morgan fingerprint density at radius 1 is 1.06 bits per heavy atom. The Bertz CT molecular complexity index is 907. The molecule has 1 aromatic heterocycles. The summed E-state index contributed by atoms with van der Waals surface area (Å²) >= 11 is 0. The van der Waals surface area contributed by atoms with Crippen LogP contribution in [-0.2, 0) is 4.79 Å². The molecule has 8 heteroatoms. The molecule has 0 unspecified atom stereocenters. The first-order chi connectivity index (χ1) is 15.1. The van der Waals surface area contributed by atoms with Gasteiger partial charge in [0.1, 0.15) is 22.9 Å². The molecule has 0 spiro atoms. The molecule has 2 fully saturated rings. The Morgan fingerprint density at radius 2 is 1.74 bits per heavy atom. The number of methoxy groups -OCH3 is 2. The van der Waals surface area contributed by atoms with Gasteiger partial charge >= 0.3 is 0 Å². The highest BCUT2D eigenvalue weighted by atomic mass is 16.5. The van der Waals surface area contributed by atoms with Crippen molar-refractivity contribution in [2.24, 2.45) is 5.92 Å². The number of H-pyrrole nitrogens is 1. The summed E-state index contributed by atoms with van der Waals surface area (Å²) in [6.45, 7) is 0. The van der Waals surface area contributed by atoms with E-state index in [4.69, 9.17) is 9.47 Å². The van der Waals surface area contributed by atoms with Gasteiger partial charge in [0.2, 0.25) is 5.91 Å². The number of nitrogens with one attached hydrogen (secondary N) is 3. The minimum absolute atomic E-state index is 0.0594. The van der Waals surface area contributed by atoms with Crippen LogP contribution in [0.1, 0.15) is 66.9 Å². The molecule has 0 radical (unpaired) electrons. The van der Waals surface area contributed by atoms with Gasteiger partial charge in [-0.3, -0.25) is 14.7 Å². The van der Waals surface area contributed by atoms with Crippen LogP contribution in [0.3, 0.4) is 0 Å². The van der Waals surface area contributed by atoms with Crippen molar-refractivity contribution in [3.05, 3.63) is 35.5 Å². The summed E-state index contributed by atoms with van der Waals surface area (Å²) in [4.78, 5) is 25.2. The summed E-state index contributed by atoms with van der Waals surface area (Å²) in [5.41, 5.74) is 1.32. The van der Waals surface area contributed by atoms with E-state index in [1.54, 1.807) is 18.2 Å². The molecule has 4 rings (SSSR count). The summed E-state index contributed by atoms with van der Waals surface area (Å²) in [6.07, 6.45) is 7.00. The predicted molar refractivity (Wildman–Crippen MR) is 117 cm³/mol. The van der Waals surface area contributed by atoms with Crippen molar-refractivity contribution >= 4 is 17.6 Å². The monoisotopic (exact) mass is 426 g/mol. The van der Waals surface area contributed by atoms with Crippen LogP contribution in [0.25, 0.3) is 0 Å². The maximum atomic E-state index is 12.8. The lowest BCUT2D eigenvalue weighted by Crippen LogP contribution is -2.43. The number of rotatable bonds is 7. The fourth-order valence-electron chi connectivity index (χ4n) is 4.52. The van der Waals surface area contributed by atoms with Gasteiger partial charge in [-0.15, -0.1) is 0 Å². The van der Waals surface area contributed by atoms with Crippen molar-refractivity contribution in [2.75, 3.05) is 19.5 Å². The Hall–Kier alpha value is -3.03. The summed E-state index contributed by atoms with van der Waals surface area (Å²) < 4.78 is 10.6. The molecule has 2 aromatic rings. The molecule has 2 amide bonds. The summed E-state index contributed by atoms with van der Waals surface area (Å²) in [5.74, 6) is 1.85. The lowest BCUT2D eigenvalue weighted by Gasteiger charge is -2.34. The van der Waals surface area contributed by atoms with Crippen molar-refractivity contribution in [1.29, 1.82) is 0 Å². The van der Waals surface area contributed by atoms with Crippen LogP contribution in [0.5, 0.6) is 11.5 Å². The highest BCUT2D eigenvalue weighted by Gasteiger charge is 2.34. The van der Waals surface area contributed by atoms with Crippen molar-refractivity contribution in [2.45, 2.75) is 56.9 Å². The third kappa shape index (κ3) is 4.68. The largest absolute Gasteiger partial charge is 0.496 e. The van der Waals surface area contributed by atoms with Gasteiger partial charge in [0, 0.05) is 23.9 Å². The SMILES string of the molecule is COc1cccc(OC)c1C(=O)NC1CC(c2cc(NC(=O)C3CCCCC3)[nH]n2)C1. The lowest BCUT2D eigenvalue weighted by molar-refractivity contribution is -0.120. The van der Waals surface area contributed by atoms with Crippen molar-refractivity contribution in [3.8, 4) is 11.5 Å². The molecule has 2 saturated carbocycles. The number of hydrogen-bond donors (Lipinski definition) is 3. The third-order valence-corrected chi connectivity index (χ3v) is 6.38. The number of aromatic nitrogens is 2. The molecule has 8 nitrogen and oxygen atoms in total. The molecule has 0 saturated heterocycles. The van der Waals surface area contributed by atoms with E-state index in [-0.39, 0.29) is 29.7 Å². The highest BCUT2D eigenvalue weighted by Crippen LogP contribution is 2.37. The van der Waals surface area contributed by atoms with Gasteiger partial charge in [-0.1, -0.05) is 25.3 Å². The van der Waals surface area contributed by atoms with E-state index in [0.717, 1.165) is 44.2 Å². The molecule has 1 heterocycles. The first-order valence-electron chi connectivity index (χ1n) is 11.0. The van der Waals surface area contributed by atoms with Gasteiger partial charge in [0.25, 0.3) is 5.91 Å². The zero-order valence-electron chi connectivity index (χ0n) is 18.1. The van der Waals surface area contributed by atoms with Crippen LogP contribution in [0.15, 0.2) is 24.3 Å². The van der Waals surface area contributed by atoms with Crippen LogP contribution in [0, 0.1) is 5.92 Å². The predicted octanol–water partition coefficient (Wildman–Crippen LogP) is 3.62. The molecule has 2 aliphatic rings. The number of nitrogens with zero attached hydrogens (tertiary/aromatic N) is 1. The maximum absolute atomic E-state index is 12.8. The molecule has 0 atom stereocenters. The second kappa shape index (κ2) is 9.41. The third-order valence-electron chi connectivity index (χ3n) is 6.38. The normalized spacial score (nSPS) is 21.1. The van der Waals surface area contributed by atoms with E-state index < -0.39 is 0 Å². The van der Waals surface area contributed by atoms with E-state index in [0.29, 0.717) is 22.9 Å². The molecule has 3 N–H and O–H groups in total. The molecule has 1 aromatic carbocycles. The van der Waals surface area contributed by atoms with Crippen LogP contribution in [0.2, 0.25) is 0 Å². The van der Waals surface area contributed by atoms with Crippen molar-refractivity contribution in [1.82, 2.24) is 15.5 Å². The zero-order valence-corrected chi connectivity index (χ0v) is 18.1. The molecular weight excluding hydrogens is 396 g/mol. The standard InChI is InChI=1S/C23H30N4O4/c1-30-18-9-6-10-19(31-2)21(18)23(29)24-16-11-15(12-16)17-13-20(27-26-17)25-22(28)14-7-4-3-5-8-14/h6,9-10,13-16H,3-5,7-8,11-12H2,1-2H3,(H,24,29)(H2,25,26,27,28). The van der Waals surface area contributed by atoms with Crippen LogP contribution >= 0.6 is 0 Å². The van der Waals surface area contributed by atoms with E-state index in [2.05, 4.69) is 20.8 Å². The highest BCUT2D eigenvalue weighted by molar-refractivity contribution is 6.00.